The van der Waals surface area contributed by atoms with Crippen molar-refractivity contribution in [3.63, 3.8) is 0 Å². The zero-order chi connectivity index (χ0) is 13.4. The van der Waals surface area contributed by atoms with E-state index in [0.29, 0.717) is 0 Å². The van der Waals surface area contributed by atoms with E-state index in [9.17, 15) is 0 Å². The Labute approximate surface area is 133 Å². The predicted octanol–water partition coefficient (Wildman–Crippen LogP) is 3.31. The van der Waals surface area contributed by atoms with Gasteiger partial charge in [0, 0.05) is 0 Å². The molecule has 0 atom stereocenters. The monoisotopic (exact) mass is 412 g/mol. The molecule has 0 aromatic carbocycles. The molecule has 0 N–H and O–H groups in total. The molecule has 0 saturated heterocycles. The van der Waals surface area contributed by atoms with Crippen LogP contribution in [0.25, 0.3) is 0 Å². The molecule has 0 saturated carbocycles. The summed E-state index contributed by atoms with van der Waals surface area (Å²) >= 11 is 4.14. The Morgan fingerprint density at radius 3 is 1.16 bits per heavy atom. The molecular weight excluding hydrogens is 398 g/mol. The molecule has 98 valence electrons. The second-order valence-electron chi connectivity index (χ2n) is 4.56. The van der Waals surface area contributed by atoms with Gasteiger partial charge in [-0.15, -0.1) is 0 Å². The second kappa shape index (κ2) is 5.73. The molecule has 0 unspecified atom stereocenters. The van der Waals surface area contributed by atoms with Crippen LogP contribution in [0.2, 0.25) is 0 Å². The quantitative estimate of drug-likeness (QED) is 0.579. The van der Waals surface area contributed by atoms with Gasteiger partial charge >= 0.3 is 134 Å². The van der Waals surface area contributed by atoms with Gasteiger partial charge in [0.2, 0.25) is 0 Å². The van der Waals surface area contributed by atoms with Crippen molar-refractivity contribution in [2.75, 3.05) is 0 Å². The van der Waals surface area contributed by atoms with E-state index in [1.54, 1.807) is 8.47 Å². The normalized spacial score (nSPS) is 11.4. The Morgan fingerprint density at radius 2 is 0.947 bits per heavy atom. The maximum atomic E-state index is 2.28. The van der Waals surface area contributed by atoms with Crippen LogP contribution in [0, 0.1) is 20.8 Å². The van der Waals surface area contributed by atoms with Crippen molar-refractivity contribution in [2.45, 2.75) is 20.8 Å². The number of aryl methyl sites for hydroxylation is 3. The summed E-state index contributed by atoms with van der Waals surface area (Å²) in [5, 5.41) is 6.77. The minimum absolute atomic E-state index is 1.49. The summed E-state index contributed by atoms with van der Waals surface area (Å²) in [4.78, 5) is 0. The molecule has 0 aliphatic carbocycles. The fraction of sp³-hybridized carbons (Fsp3) is 0.200. The average Bonchev–Trinajstić information content (AvgIpc) is 3.07. The Hall–Kier alpha value is -0.0818. The van der Waals surface area contributed by atoms with Gasteiger partial charge in [0.1, 0.15) is 0 Å². The Bertz CT molecular complexity index is 594. The molecule has 3 aromatic heterocycles. The van der Waals surface area contributed by atoms with Gasteiger partial charge in [-0.1, -0.05) is 0 Å². The van der Waals surface area contributed by atoms with Gasteiger partial charge in [0.15, 0.2) is 0 Å². The van der Waals surface area contributed by atoms with Gasteiger partial charge in [-0.2, -0.15) is 0 Å². The van der Waals surface area contributed by atoms with Crippen molar-refractivity contribution < 1.29 is 0 Å². The van der Waals surface area contributed by atoms with Gasteiger partial charge < -0.3 is 0 Å². The van der Waals surface area contributed by atoms with Crippen LogP contribution in [-0.4, -0.2) is 20.2 Å². The Kier molecular flexibility index (Phi) is 4.19. The average molecular weight is 413 g/mol. The van der Waals surface area contributed by atoms with Crippen LogP contribution < -0.4 is 8.47 Å². The summed E-state index contributed by atoms with van der Waals surface area (Å²) in [6, 6.07) is 6.84. The maximum absolute atomic E-state index is 2.28. The standard InChI is InChI=1S/3C5H5S.Sb/c3*1-5-2-3-6-4-5;/h3*2-3H,1H3;. The summed E-state index contributed by atoms with van der Waals surface area (Å²) in [6.45, 7) is 6.82. The van der Waals surface area contributed by atoms with Crippen molar-refractivity contribution in [3.05, 3.63) is 51.0 Å². The number of hydrogen-bond acceptors (Lipinski definition) is 3. The van der Waals surface area contributed by atoms with Gasteiger partial charge in [-0.05, 0) is 0 Å². The molecule has 0 aliphatic rings. The molecule has 0 nitrogen and oxygen atoms in total. The molecular formula is C15H15S3Sb. The van der Waals surface area contributed by atoms with E-state index in [4.69, 9.17) is 0 Å². The van der Waals surface area contributed by atoms with Gasteiger partial charge in [-0.25, -0.2) is 0 Å². The van der Waals surface area contributed by atoms with Crippen molar-refractivity contribution in [2.24, 2.45) is 0 Å². The molecule has 3 aromatic rings. The second-order valence-corrected chi connectivity index (χ2v) is 15.8. The third kappa shape index (κ3) is 2.58. The van der Waals surface area contributed by atoms with Crippen LogP contribution in [0.1, 0.15) is 16.7 Å². The predicted molar refractivity (Wildman–Crippen MR) is 91.8 cm³/mol. The molecule has 0 radical (unpaired) electrons. The molecule has 4 heteroatoms. The summed E-state index contributed by atoms with van der Waals surface area (Å²) in [5.74, 6) is 0. The molecule has 0 aliphatic heterocycles. The van der Waals surface area contributed by atoms with Gasteiger partial charge in [-0.3, -0.25) is 0 Å². The van der Waals surface area contributed by atoms with Crippen molar-refractivity contribution in [3.8, 4) is 0 Å². The van der Waals surface area contributed by atoms with E-state index in [1.165, 1.54) is 16.7 Å². The van der Waals surface area contributed by atoms with Crippen molar-refractivity contribution >= 4 is 62.7 Å². The fourth-order valence-corrected chi connectivity index (χ4v) is 18.7. The topological polar surface area (TPSA) is 0 Å². The van der Waals surface area contributed by atoms with Gasteiger partial charge in [0.05, 0.1) is 0 Å². The molecule has 3 heterocycles. The molecule has 19 heavy (non-hydrogen) atoms. The van der Waals surface area contributed by atoms with E-state index in [0.717, 1.165) is 0 Å². The zero-order valence-electron chi connectivity index (χ0n) is 11.1. The van der Waals surface area contributed by atoms with Crippen LogP contribution in [0.4, 0.5) is 0 Å². The number of hydrogen-bond donors (Lipinski definition) is 0. The van der Waals surface area contributed by atoms with E-state index in [1.807, 2.05) is 34.0 Å². The van der Waals surface area contributed by atoms with E-state index in [2.05, 4.69) is 55.1 Å². The van der Waals surface area contributed by atoms with Gasteiger partial charge in [0.25, 0.3) is 0 Å². The van der Waals surface area contributed by atoms with Crippen LogP contribution in [0.15, 0.2) is 34.3 Å². The first-order valence-electron chi connectivity index (χ1n) is 6.11. The fourth-order valence-electron chi connectivity index (χ4n) is 2.06. The van der Waals surface area contributed by atoms with Crippen molar-refractivity contribution in [1.82, 2.24) is 0 Å². The molecule has 0 spiro atoms. The summed E-state index contributed by atoms with van der Waals surface area (Å²) in [5.41, 5.74) is 4.48. The Balaban J connectivity index is 2.20. The number of thiophene rings is 3. The van der Waals surface area contributed by atoms with Crippen molar-refractivity contribution in [1.29, 1.82) is 0 Å². The summed E-state index contributed by atoms with van der Waals surface area (Å²) in [6.07, 6.45) is 0. The van der Waals surface area contributed by atoms with E-state index in [-0.39, 0.29) is 0 Å². The SMILES string of the molecule is Cc1ccs[c]1[Sb]([c]1sccc1C)[c]1sccc1C. The van der Waals surface area contributed by atoms with Crippen LogP contribution >= 0.6 is 34.0 Å². The minimum atomic E-state index is -1.75. The molecule has 0 amide bonds. The molecule has 0 bridgehead atoms. The van der Waals surface area contributed by atoms with E-state index < -0.39 is 20.2 Å². The van der Waals surface area contributed by atoms with Crippen LogP contribution in [0.3, 0.4) is 0 Å². The Morgan fingerprint density at radius 1 is 0.632 bits per heavy atom. The summed E-state index contributed by atoms with van der Waals surface area (Å²) < 4.78 is 5.04. The summed E-state index contributed by atoms with van der Waals surface area (Å²) in [7, 11) is 0. The molecule has 3 rings (SSSR count). The first kappa shape index (κ1) is 13.9. The number of rotatable bonds is 3. The molecule has 0 fully saturated rings. The first-order valence-corrected chi connectivity index (χ1v) is 12.6. The third-order valence-corrected chi connectivity index (χ3v) is 18.4. The third-order valence-electron chi connectivity index (χ3n) is 3.11. The zero-order valence-corrected chi connectivity index (χ0v) is 16.1. The first-order chi connectivity index (χ1) is 9.18. The van der Waals surface area contributed by atoms with Crippen LogP contribution in [-0.2, 0) is 0 Å². The van der Waals surface area contributed by atoms with Crippen LogP contribution in [0.5, 0.6) is 0 Å². The van der Waals surface area contributed by atoms with E-state index >= 15 is 0 Å².